The molecule has 0 unspecified atom stereocenters. The molecule has 3 aromatic carbocycles. The molecule has 2 aliphatic heterocycles. The number of fused-ring (bicyclic) bond motifs is 3. The number of hydrogen-bond donors (Lipinski definition) is 0. The molecule has 2 aliphatic rings. The van der Waals surface area contributed by atoms with Gasteiger partial charge in [-0.25, -0.2) is 5.01 Å². The molecule has 0 aromatic heterocycles. The van der Waals surface area contributed by atoms with Crippen molar-refractivity contribution in [2.75, 3.05) is 6.61 Å². The fourth-order valence-corrected chi connectivity index (χ4v) is 4.64. The van der Waals surface area contributed by atoms with E-state index in [0.29, 0.717) is 0 Å². The van der Waals surface area contributed by atoms with Gasteiger partial charge in [-0.2, -0.15) is 5.10 Å². The first-order valence-corrected chi connectivity index (χ1v) is 12.0. The Bertz CT molecular complexity index is 1130. The third-order valence-electron chi connectivity index (χ3n) is 6.07. The summed E-state index contributed by atoms with van der Waals surface area (Å²) in [6.45, 7) is 5.02. The Morgan fingerprint density at radius 3 is 2.59 bits per heavy atom. The van der Waals surface area contributed by atoms with Crippen molar-refractivity contribution < 1.29 is 9.47 Å². The third kappa shape index (κ3) is 4.14. The zero-order valence-electron chi connectivity index (χ0n) is 18.4. The van der Waals surface area contributed by atoms with Crippen molar-refractivity contribution in [1.82, 2.24) is 5.01 Å². The molecule has 5 heteroatoms. The summed E-state index contributed by atoms with van der Waals surface area (Å²) in [4.78, 5) is 0. The molecule has 0 fully saturated rings. The summed E-state index contributed by atoms with van der Waals surface area (Å²) in [5.41, 5.74) is 5.75. The van der Waals surface area contributed by atoms with Crippen LogP contribution in [-0.2, 0) is 0 Å². The van der Waals surface area contributed by atoms with Gasteiger partial charge in [-0.15, -0.1) is 0 Å². The van der Waals surface area contributed by atoms with Crippen molar-refractivity contribution in [2.24, 2.45) is 5.10 Å². The summed E-state index contributed by atoms with van der Waals surface area (Å²) in [6.07, 6.45) is 2.76. The van der Waals surface area contributed by atoms with Crippen LogP contribution in [-0.4, -0.2) is 17.3 Å². The van der Waals surface area contributed by atoms with Crippen LogP contribution in [0.3, 0.4) is 0 Å². The smallest absolute Gasteiger partial charge is 0.213 e. The molecule has 32 heavy (non-hydrogen) atoms. The third-order valence-corrected chi connectivity index (χ3v) is 6.56. The van der Waals surface area contributed by atoms with Gasteiger partial charge in [0.05, 0.1) is 18.4 Å². The van der Waals surface area contributed by atoms with Crippen LogP contribution >= 0.6 is 15.9 Å². The van der Waals surface area contributed by atoms with Crippen LogP contribution in [0.25, 0.3) is 0 Å². The molecule has 3 aromatic rings. The molecule has 0 saturated heterocycles. The van der Waals surface area contributed by atoms with E-state index in [1.807, 2.05) is 18.2 Å². The van der Waals surface area contributed by atoms with Crippen molar-refractivity contribution in [3.8, 4) is 11.5 Å². The quantitative estimate of drug-likeness (QED) is 0.343. The van der Waals surface area contributed by atoms with E-state index in [0.717, 1.165) is 53.1 Å². The molecule has 0 N–H and O–H groups in total. The molecule has 5 rings (SSSR count). The first kappa shape index (κ1) is 21.1. The SMILES string of the molecule is CCCCOc1ccc([C@@H]2Oc3ccc(Br)cc3[C@H]3CC(c4ccc(C)cc4)=NN32)cc1. The molecule has 0 aliphatic carbocycles. The van der Waals surface area contributed by atoms with E-state index in [2.05, 4.69) is 83.3 Å². The van der Waals surface area contributed by atoms with Gasteiger partial charge in [0.15, 0.2) is 0 Å². The molecule has 2 atom stereocenters. The van der Waals surface area contributed by atoms with E-state index in [4.69, 9.17) is 14.6 Å². The second-order valence-corrected chi connectivity index (χ2v) is 9.35. The fourth-order valence-electron chi connectivity index (χ4n) is 4.26. The summed E-state index contributed by atoms with van der Waals surface area (Å²) >= 11 is 3.62. The standard InChI is InChI=1S/C27H27BrN2O2/c1-3-4-15-31-22-12-9-20(10-13-22)27-30-25(23-16-21(28)11-14-26(23)32-27)17-24(29-30)19-7-5-18(2)6-8-19/h5-14,16,25,27H,3-4,15,17H2,1-2H3/t25-,27+/m1/s1. The number of ether oxygens (including phenoxy) is 2. The summed E-state index contributed by atoms with van der Waals surface area (Å²) in [6, 6.07) is 23.2. The molecule has 2 heterocycles. The number of unbranched alkanes of at least 4 members (excludes halogenated alkanes) is 1. The Morgan fingerprint density at radius 1 is 1.06 bits per heavy atom. The number of halogens is 1. The zero-order valence-corrected chi connectivity index (χ0v) is 20.0. The number of benzene rings is 3. The Morgan fingerprint density at radius 2 is 1.84 bits per heavy atom. The van der Waals surface area contributed by atoms with E-state index in [1.165, 1.54) is 16.7 Å². The zero-order chi connectivity index (χ0) is 22.1. The van der Waals surface area contributed by atoms with Gasteiger partial charge in [0.25, 0.3) is 0 Å². The minimum Gasteiger partial charge on any atom is -0.494 e. The second kappa shape index (κ2) is 8.99. The highest BCUT2D eigenvalue weighted by atomic mass is 79.9. The lowest BCUT2D eigenvalue weighted by Crippen LogP contribution is -2.33. The first-order valence-electron chi connectivity index (χ1n) is 11.2. The molecular weight excluding hydrogens is 464 g/mol. The molecule has 0 radical (unpaired) electrons. The van der Waals surface area contributed by atoms with Crippen LogP contribution < -0.4 is 9.47 Å². The maximum atomic E-state index is 6.49. The number of rotatable bonds is 6. The summed E-state index contributed by atoms with van der Waals surface area (Å²) in [5, 5.41) is 7.18. The van der Waals surface area contributed by atoms with Gasteiger partial charge in [-0.1, -0.05) is 59.1 Å². The molecule has 164 valence electrons. The minimum atomic E-state index is -0.277. The maximum absolute atomic E-state index is 6.49. The fraction of sp³-hybridized carbons (Fsp3) is 0.296. The number of hydrogen-bond acceptors (Lipinski definition) is 4. The molecular formula is C27H27BrN2O2. The average Bonchev–Trinajstić information content (AvgIpc) is 3.26. The lowest BCUT2D eigenvalue weighted by Gasteiger charge is -2.38. The van der Waals surface area contributed by atoms with Gasteiger partial charge in [0, 0.05) is 22.0 Å². The van der Waals surface area contributed by atoms with Gasteiger partial charge < -0.3 is 9.47 Å². The van der Waals surface area contributed by atoms with Gasteiger partial charge in [-0.05, 0) is 61.4 Å². The number of nitrogens with zero attached hydrogens (tertiary/aromatic N) is 2. The van der Waals surface area contributed by atoms with Gasteiger partial charge in [0.2, 0.25) is 6.23 Å². The van der Waals surface area contributed by atoms with E-state index in [1.54, 1.807) is 0 Å². The van der Waals surface area contributed by atoms with Gasteiger partial charge in [-0.3, -0.25) is 0 Å². The van der Waals surface area contributed by atoms with Crippen LogP contribution in [0, 0.1) is 6.92 Å². The van der Waals surface area contributed by atoms with E-state index in [9.17, 15) is 0 Å². The molecule has 4 nitrogen and oxygen atoms in total. The highest BCUT2D eigenvalue weighted by Gasteiger charge is 2.41. The largest absolute Gasteiger partial charge is 0.494 e. The number of aryl methyl sites for hydroxylation is 1. The van der Waals surface area contributed by atoms with Crippen molar-refractivity contribution in [2.45, 2.75) is 45.4 Å². The van der Waals surface area contributed by atoms with Crippen LogP contribution in [0.1, 0.15) is 60.7 Å². The van der Waals surface area contributed by atoms with Crippen LogP contribution in [0.2, 0.25) is 0 Å². The highest BCUT2D eigenvalue weighted by molar-refractivity contribution is 9.10. The van der Waals surface area contributed by atoms with Crippen LogP contribution in [0.4, 0.5) is 0 Å². The van der Waals surface area contributed by atoms with Gasteiger partial charge >= 0.3 is 0 Å². The summed E-state index contributed by atoms with van der Waals surface area (Å²) in [7, 11) is 0. The maximum Gasteiger partial charge on any atom is 0.213 e. The number of hydrazone groups is 1. The predicted molar refractivity (Wildman–Crippen MR) is 131 cm³/mol. The first-order chi connectivity index (χ1) is 15.6. The summed E-state index contributed by atoms with van der Waals surface area (Å²) < 4.78 is 13.4. The lowest BCUT2D eigenvalue weighted by atomic mass is 9.95. The second-order valence-electron chi connectivity index (χ2n) is 8.44. The summed E-state index contributed by atoms with van der Waals surface area (Å²) in [5.74, 6) is 1.81. The Labute approximate surface area is 198 Å². The lowest BCUT2D eigenvalue weighted by molar-refractivity contribution is -0.0191. The van der Waals surface area contributed by atoms with Crippen LogP contribution in [0.5, 0.6) is 11.5 Å². The molecule has 0 bridgehead atoms. The van der Waals surface area contributed by atoms with E-state index in [-0.39, 0.29) is 12.3 Å². The highest BCUT2D eigenvalue weighted by Crippen LogP contribution is 2.48. The minimum absolute atomic E-state index is 0.137. The Hall–Kier alpha value is -2.79. The van der Waals surface area contributed by atoms with Crippen LogP contribution in [0.15, 0.2) is 76.3 Å². The monoisotopic (exact) mass is 490 g/mol. The van der Waals surface area contributed by atoms with Crippen molar-refractivity contribution >= 4 is 21.6 Å². The molecule has 0 saturated carbocycles. The predicted octanol–water partition coefficient (Wildman–Crippen LogP) is 7.18. The Kier molecular flexibility index (Phi) is 5.92. The van der Waals surface area contributed by atoms with Crippen molar-refractivity contribution in [3.05, 3.63) is 93.5 Å². The van der Waals surface area contributed by atoms with Gasteiger partial charge in [0.1, 0.15) is 11.5 Å². The van der Waals surface area contributed by atoms with Crippen molar-refractivity contribution in [1.29, 1.82) is 0 Å². The molecule has 0 amide bonds. The Balaban J connectivity index is 1.48. The van der Waals surface area contributed by atoms with E-state index < -0.39 is 0 Å². The normalized spacial score (nSPS) is 19.1. The average molecular weight is 491 g/mol. The molecule has 0 spiro atoms. The van der Waals surface area contributed by atoms with E-state index >= 15 is 0 Å². The topological polar surface area (TPSA) is 34.1 Å². The van der Waals surface area contributed by atoms with Crippen molar-refractivity contribution in [3.63, 3.8) is 0 Å².